The molecule has 6 rings (SSSR count). The first-order valence-corrected chi connectivity index (χ1v) is 12.2. The van der Waals surface area contributed by atoms with E-state index >= 15 is 0 Å². The number of pyridine rings is 2. The molecule has 1 aromatic carbocycles. The van der Waals surface area contributed by atoms with Gasteiger partial charge in [0.1, 0.15) is 5.82 Å². The summed E-state index contributed by atoms with van der Waals surface area (Å²) in [5.41, 5.74) is 11.0. The third kappa shape index (κ3) is 4.39. The van der Waals surface area contributed by atoms with Crippen molar-refractivity contribution in [1.82, 2.24) is 25.1 Å². The number of fused-ring (bicyclic) bond motifs is 1. The average molecular weight is 482 g/mol. The minimum absolute atomic E-state index is 0.291. The van der Waals surface area contributed by atoms with Gasteiger partial charge in [0.15, 0.2) is 0 Å². The van der Waals surface area contributed by atoms with Crippen LogP contribution in [0.2, 0.25) is 0 Å². The molecule has 2 aliphatic rings. The lowest BCUT2D eigenvalue weighted by atomic mass is 9.99. The summed E-state index contributed by atoms with van der Waals surface area (Å²) in [6.45, 7) is 2.47. The SMILES string of the molecule is Cc1ccncc1-c1cc(N)c2cnc(NC(=O)C(=O)NC[C@H]3CC3c3cnn(C4CC4)c3)cc2c1. The summed E-state index contributed by atoms with van der Waals surface area (Å²) in [6, 6.07) is 8.09. The van der Waals surface area contributed by atoms with Gasteiger partial charge in [-0.25, -0.2) is 4.98 Å². The van der Waals surface area contributed by atoms with Crippen LogP contribution in [0.4, 0.5) is 11.5 Å². The van der Waals surface area contributed by atoms with E-state index in [2.05, 4.69) is 31.9 Å². The normalized spacial score (nSPS) is 18.7. The van der Waals surface area contributed by atoms with Gasteiger partial charge in [-0.1, -0.05) is 0 Å². The third-order valence-corrected chi connectivity index (χ3v) is 7.08. The molecule has 1 unspecified atom stereocenters. The second-order valence-electron chi connectivity index (χ2n) is 9.80. The van der Waals surface area contributed by atoms with E-state index in [1.807, 2.05) is 36.0 Å². The summed E-state index contributed by atoms with van der Waals surface area (Å²) >= 11 is 0. The first-order chi connectivity index (χ1) is 17.5. The number of rotatable bonds is 6. The number of nitrogens with two attached hydrogens (primary N) is 1. The van der Waals surface area contributed by atoms with Crippen molar-refractivity contribution in [3.05, 3.63) is 66.4 Å². The lowest BCUT2D eigenvalue weighted by molar-refractivity contribution is -0.136. The maximum Gasteiger partial charge on any atom is 0.314 e. The summed E-state index contributed by atoms with van der Waals surface area (Å²) in [5.74, 6) is -0.400. The van der Waals surface area contributed by atoms with Gasteiger partial charge in [-0.3, -0.25) is 19.3 Å². The van der Waals surface area contributed by atoms with Crippen LogP contribution in [-0.2, 0) is 9.59 Å². The second kappa shape index (κ2) is 8.75. The van der Waals surface area contributed by atoms with Gasteiger partial charge >= 0.3 is 11.8 Å². The molecule has 0 radical (unpaired) electrons. The van der Waals surface area contributed by atoms with E-state index in [-0.39, 0.29) is 0 Å². The zero-order chi connectivity index (χ0) is 24.8. The number of nitrogens with one attached hydrogen (secondary N) is 2. The number of carbonyl (C=O) groups is 2. The molecule has 182 valence electrons. The Balaban J connectivity index is 1.09. The Morgan fingerprint density at radius 1 is 1.14 bits per heavy atom. The maximum atomic E-state index is 12.5. The number of carbonyl (C=O) groups excluding carboxylic acids is 2. The number of anilines is 2. The van der Waals surface area contributed by atoms with Crippen molar-refractivity contribution in [3.8, 4) is 11.1 Å². The number of hydrogen-bond acceptors (Lipinski definition) is 6. The molecule has 9 heteroatoms. The molecule has 0 spiro atoms. The average Bonchev–Trinajstić information content (AvgIpc) is 3.81. The quantitative estimate of drug-likeness (QED) is 0.285. The molecular formula is C27H27N7O2. The zero-order valence-electron chi connectivity index (χ0n) is 19.9. The topological polar surface area (TPSA) is 128 Å². The second-order valence-corrected chi connectivity index (χ2v) is 9.80. The molecule has 9 nitrogen and oxygen atoms in total. The minimum Gasteiger partial charge on any atom is -0.398 e. The summed E-state index contributed by atoms with van der Waals surface area (Å²) in [7, 11) is 0. The van der Waals surface area contributed by atoms with Crippen LogP contribution in [-0.4, -0.2) is 38.1 Å². The number of nitrogens with zero attached hydrogens (tertiary/aromatic N) is 4. The largest absolute Gasteiger partial charge is 0.398 e. The highest BCUT2D eigenvalue weighted by atomic mass is 16.2. The van der Waals surface area contributed by atoms with Crippen LogP contribution in [0, 0.1) is 12.8 Å². The third-order valence-electron chi connectivity index (χ3n) is 7.08. The number of hydrogen-bond donors (Lipinski definition) is 3. The van der Waals surface area contributed by atoms with Crippen molar-refractivity contribution in [2.24, 2.45) is 5.92 Å². The smallest absolute Gasteiger partial charge is 0.314 e. The number of aromatic nitrogens is 4. The molecule has 36 heavy (non-hydrogen) atoms. The molecule has 3 heterocycles. The van der Waals surface area contributed by atoms with Gasteiger partial charge in [0.2, 0.25) is 0 Å². The van der Waals surface area contributed by atoms with E-state index in [1.54, 1.807) is 24.7 Å². The van der Waals surface area contributed by atoms with Crippen molar-refractivity contribution < 1.29 is 9.59 Å². The van der Waals surface area contributed by atoms with E-state index < -0.39 is 11.8 Å². The van der Waals surface area contributed by atoms with Crippen molar-refractivity contribution in [1.29, 1.82) is 0 Å². The standard InChI is InChI=1S/C27H27N7O2/c1-15-4-5-29-12-22(15)16-6-17-9-25(30-13-23(17)24(28)8-16)33-27(36)26(35)31-10-18-7-21(18)19-11-32-34(14-19)20-2-3-20/h4-6,8-9,11-14,18,20-21H,2-3,7,10,28H2,1H3,(H,31,35)(H,30,33,36)/t18-,21?/m1/s1. The number of nitrogen functional groups attached to an aromatic ring is 1. The fourth-order valence-electron chi connectivity index (χ4n) is 4.72. The van der Waals surface area contributed by atoms with Gasteiger partial charge < -0.3 is 16.4 Å². The van der Waals surface area contributed by atoms with Crippen LogP contribution in [0.15, 0.2) is 55.2 Å². The molecule has 2 saturated carbocycles. The van der Waals surface area contributed by atoms with E-state index in [9.17, 15) is 9.59 Å². The highest BCUT2D eigenvalue weighted by Crippen LogP contribution is 2.47. The van der Waals surface area contributed by atoms with Crippen LogP contribution >= 0.6 is 0 Å². The molecule has 2 aliphatic carbocycles. The van der Waals surface area contributed by atoms with Crippen LogP contribution in [0.1, 0.15) is 42.3 Å². The van der Waals surface area contributed by atoms with Gasteiger partial charge in [0, 0.05) is 48.0 Å². The first-order valence-electron chi connectivity index (χ1n) is 12.2. The Kier molecular flexibility index (Phi) is 5.40. The van der Waals surface area contributed by atoms with E-state index in [0.717, 1.165) is 33.9 Å². The van der Waals surface area contributed by atoms with E-state index in [0.29, 0.717) is 35.9 Å². The molecule has 2 atom stereocenters. The Morgan fingerprint density at radius 3 is 2.81 bits per heavy atom. The molecule has 0 saturated heterocycles. The Labute approximate surface area is 208 Å². The number of benzene rings is 1. The summed E-state index contributed by atoms with van der Waals surface area (Å²) in [6.07, 6.45) is 12.6. The zero-order valence-corrected chi connectivity index (χ0v) is 19.9. The number of amides is 2. The summed E-state index contributed by atoms with van der Waals surface area (Å²) < 4.78 is 2.04. The molecular weight excluding hydrogens is 454 g/mol. The lowest BCUT2D eigenvalue weighted by Gasteiger charge is -2.11. The van der Waals surface area contributed by atoms with Crippen molar-refractivity contribution in [2.75, 3.05) is 17.6 Å². The van der Waals surface area contributed by atoms with Crippen LogP contribution in [0.5, 0.6) is 0 Å². The summed E-state index contributed by atoms with van der Waals surface area (Å²) in [4.78, 5) is 33.4. The van der Waals surface area contributed by atoms with Gasteiger partial charge in [-0.05, 0) is 84.4 Å². The molecule has 0 aliphatic heterocycles. The molecule has 4 N–H and O–H groups in total. The van der Waals surface area contributed by atoms with E-state index in [4.69, 9.17) is 5.73 Å². The van der Waals surface area contributed by atoms with Crippen LogP contribution < -0.4 is 16.4 Å². The van der Waals surface area contributed by atoms with Gasteiger partial charge in [-0.2, -0.15) is 5.10 Å². The maximum absolute atomic E-state index is 12.5. The fraction of sp³-hybridized carbons (Fsp3) is 0.296. The highest BCUT2D eigenvalue weighted by molar-refractivity contribution is 6.39. The lowest BCUT2D eigenvalue weighted by Crippen LogP contribution is -2.36. The Bertz CT molecular complexity index is 1490. The fourth-order valence-corrected chi connectivity index (χ4v) is 4.72. The highest BCUT2D eigenvalue weighted by Gasteiger charge is 2.40. The van der Waals surface area contributed by atoms with Gasteiger partial charge in [0.25, 0.3) is 0 Å². The number of aryl methyl sites for hydroxylation is 1. The molecule has 2 amide bonds. The van der Waals surface area contributed by atoms with Crippen molar-refractivity contribution in [3.63, 3.8) is 0 Å². The molecule has 3 aromatic heterocycles. The Morgan fingerprint density at radius 2 is 2.00 bits per heavy atom. The molecule has 0 bridgehead atoms. The van der Waals surface area contributed by atoms with Gasteiger partial charge in [-0.15, -0.1) is 0 Å². The van der Waals surface area contributed by atoms with Gasteiger partial charge in [0.05, 0.1) is 12.2 Å². The first kappa shape index (κ1) is 22.2. The monoisotopic (exact) mass is 481 g/mol. The molecule has 2 fully saturated rings. The van der Waals surface area contributed by atoms with Crippen LogP contribution in [0.25, 0.3) is 21.9 Å². The van der Waals surface area contributed by atoms with Crippen LogP contribution in [0.3, 0.4) is 0 Å². The summed E-state index contributed by atoms with van der Waals surface area (Å²) in [5, 5.41) is 11.4. The van der Waals surface area contributed by atoms with Crippen molar-refractivity contribution in [2.45, 2.75) is 38.1 Å². The Hall–Kier alpha value is -4.27. The molecule has 4 aromatic rings. The van der Waals surface area contributed by atoms with Crippen molar-refractivity contribution >= 4 is 34.1 Å². The minimum atomic E-state index is -0.743. The predicted octanol–water partition coefficient (Wildman–Crippen LogP) is 3.58. The predicted molar refractivity (Wildman–Crippen MR) is 137 cm³/mol. The van der Waals surface area contributed by atoms with E-state index in [1.165, 1.54) is 18.4 Å².